The lowest BCUT2D eigenvalue weighted by atomic mass is 10.1. The van der Waals surface area contributed by atoms with Gasteiger partial charge in [-0.25, -0.2) is 0 Å². The molecule has 0 saturated carbocycles. The number of anilines is 1. The third kappa shape index (κ3) is 4.17. The molecule has 0 radical (unpaired) electrons. The molecule has 0 bridgehead atoms. The fourth-order valence-corrected chi connectivity index (χ4v) is 5.34. The summed E-state index contributed by atoms with van der Waals surface area (Å²) in [5.74, 6) is 0.594. The van der Waals surface area contributed by atoms with Crippen LogP contribution in [0.2, 0.25) is 0 Å². The summed E-state index contributed by atoms with van der Waals surface area (Å²) in [7, 11) is 1.79. The van der Waals surface area contributed by atoms with E-state index in [1.165, 1.54) is 28.2 Å². The van der Waals surface area contributed by atoms with E-state index in [1.807, 2.05) is 18.2 Å². The van der Waals surface area contributed by atoms with Crippen molar-refractivity contribution in [2.24, 2.45) is 5.10 Å². The Labute approximate surface area is 189 Å². The maximum atomic E-state index is 13.0. The Hall–Kier alpha value is -2.36. The van der Waals surface area contributed by atoms with Gasteiger partial charge in [0.1, 0.15) is 4.90 Å². The Morgan fingerprint density at radius 3 is 2.93 bits per heavy atom. The molecule has 0 saturated heterocycles. The van der Waals surface area contributed by atoms with Crippen molar-refractivity contribution >= 4 is 56.2 Å². The normalized spacial score (nSPS) is 12.9. The number of nitrogens with zero attached hydrogens (tertiary/aromatic N) is 6. The van der Waals surface area contributed by atoms with Crippen LogP contribution < -0.4 is 10.6 Å². The predicted octanol–water partition coefficient (Wildman–Crippen LogP) is 3.85. The van der Waals surface area contributed by atoms with E-state index in [2.05, 4.69) is 43.8 Å². The highest BCUT2D eigenvalue weighted by molar-refractivity contribution is 14.1. The molecule has 0 N–H and O–H groups in total. The van der Waals surface area contributed by atoms with Gasteiger partial charge in [-0.3, -0.25) is 14.8 Å². The van der Waals surface area contributed by atoms with E-state index in [9.17, 15) is 10.1 Å². The summed E-state index contributed by atoms with van der Waals surface area (Å²) in [6, 6.07) is 11.6. The Balaban J connectivity index is 1.60. The number of thioether (sulfide) groups is 2. The molecule has 0 spiro atoms. The first-order chi connectivity index (χ1) is 14.1. The molecular weight excluding hydrogens is 519 g/mol. The number of rotatable bonds is 3. The summed E-state index contributed by atoms with van der Waals surface area (Å²) >= 11 is 5.02. The number of fused-ring (bicyclic) bond motifs is 1. The van der Waals surface area contributed by atoms with Gasteiger partial charge in [-0.2, -0.15) is 20.1 Å². The van der Waals surface area contributed by atoms with Crippen LogP contribution in [0.15, 0.2) is 63.7 Å². The van der Waals surface area contributed by atoms with Gasteiger partial charge in [0.05, 0.1) is 35.4 Å². The minimum atomic E-state index is -0.215. The van der Waals surface area contributed by atoms with Crippen molar-refractivity contribution in [1.29, 1.82) is 5.26 Å². The molecule has 0 fully saturated rings. The molecule has 3 heterocycles. The first-order valence-corrected chi connectivity index (χ1v) is 11.3. The van der Waals surface area contributed by atoms with E-state index in [-0.39, 0.29) is 5.56 Å². The van der Waals surface area contributed by atoms with Gasteiger partial charge in [0.2, 0.25) is 0 Å². The molecule has 0 amide bonds. The third-order valence-electron chi connectivity index (χ3n) is 4.12. The highest BCUT2D eigenvalue weighted by atomic mass is 127. The quantitative estimate of drug-likeness (QED) is 0.474. The lowest BCUT2D eigenvalue weighted by Gasteiger charge is -2.23. The van der Waals surface area contributed by atoms with Gasteiger partial charge < -0.3 is 0 Å². The summed E-state index contributed by atoms with van der Waals surface area (Å²) in [5.41, 5.74) is 2.65. The first-order valence-electron chi connectivity index (χ1n) is 8.41. The molecule has 0 aliphatic carbocycles. The summed E-state index contributed by atoms with van der Waals surface area (Å²) < 4.78 is 3.10. The molecule has 3 aromatic rings. The number of hydrogen-bond acceptors (Lipinski definition) is 8. The van der Waals surface area contributed by atoms with Gasteiger partial charge in [0.25, 0.3) is 5.56 Å². The minimum absolute atomic E-state index is 0.215. The largest absolute Gasteiger partial charge is 0.287 e. The van der Waals surface area contributed by atoms with Gasteiger partial charge >= 0.3 is 0 Å². The number of hydrogen-bond donors (Lipinski definition) is 0. The van der Waals surface area contributed by atoms with E-state index in [0.29, 0.717) is 27.6 Å². The first kappa shape index (κ1) is 19.9. The van der Waals surface area contributed by atoms with Crippen molar-refractivity contribution in [3.05, 3.63) is 74.0 Å². The molecule has 10 heteroatoms. The van der Waals surface area contributed by atoms with E-state index in [0.717, 1.165) is 13.5 Å². The van der Waals surface area contributed by atoms with Crippen molar-refractivity contribution in [3.8, 4) is 11.8 Å². The SMILES string of the molecule is CN1N=C(SCc2ccc(I)cc2C#N)Sc2c1cnn(-c1cccnc1)c2=O. The molecule has 1 aliphatic heterocycles. The summed E-state index contributed by atoms with van der Waals surface area (Å²) in [4.78, 5) is 17.7. The zero-order valence-corrected chi connectivity index (χ0v) is 18.9. The van der Waals surface area contributed by atoms with E-state index in [4.69, 9.17) is 0 Å². The van der Waals surface area contributed by atoms with E-state index < -0.39 is 0 Å². The second-order valence-corrected chi connectivity index (χ2v) is 9.45. The van der Waals surface area contributed by atoms with Crippen molar-refractivity contribution in [1.82, 2.24) is 14.8 Å². The monoisotopic (exact) mass is 532 g/mol. The molecule has 1 aliphatic rings. The average molecular weight is 532 g/mol. The molecule has 0 atom stereocenters. The van der Waals surface area contributed by atoms with Crippen LogP contribution in [-0.4, -0.2) is 26.2 Å². The lowest BCUT2D eigenvalue weighted by Crippen LogP contribution is -2.28. The summed E-state index contributed by atoms with van der Waals surface area (Å²) in [5, 5.41) is 19.8. The Bertz CT molecular complexity index is 1210. The standard InChI is InChI=1S/C19H13IN6OS2/c1-25-16-10-23-26(15-3-2-6-22-9-15)18(27)17(16)29-19(24-25)28-11-12-4-5-14(20)7-13(12)8-21/h2-7,9-10H,11H2,1H3. The number of benzene rings is 1. The Kier molecular flexibility index (Phi) is 5.89. The number of hydrazone groups is 1. The Morgan fingerprint density at radius 1 is 1.31 bits per heavy atom. The van der Waals surface area contributed by atoms with Crippen LogP contribution in [0, 0.1) is 14.9 Å². The van der Waals surface area contributed by atoms with Gasteiger partial charge in [-0.05, 0) is 52.4 Å². The van der Waals surface area contributed by atoms with Gasteiger partial charge in [0.15, 0.2) is 4.38 Å². The minimum Gasteiger partial charge on any atom is -0.266 e. The summed E-state index contributed by atoms with van der Waals surface area (Å²) in [6.45, 7) is 0. The molecule has 1 aromatic carbocycles. The van der Waals surface area contributed by atoms with Crippen LogP contribution in [0.3, 0.4) is 0 Å². The second kappa shape index (κ2) is 8.56. The smallest absolute Gasteiger partial charge is 0.266 e. The third-order valence-corrected chi connectivity index (χ3v) is 7.02. The molecular formula is C19H13IN6OS2. The fraction of sp³-hybridized carbons (Fsp3) is 0.105. The van der Waals surface area contributed by atoms with Crippen LogP contribution in [0.25, 0.3) is 5.69 Å². The summed E-state index contributed by atoms with van der Waals surface area (Å²) in [6.07, 6.45) is 4.88. The molecule has 4 rings (SSSR count). The molecule has 29 heavy (non-hydrogen) atoms. The van der Waals surface area contributed by atoms with Crippen molar-refractivity contribution < 1.29 is 0 Å². The van der Waals surface area contributed by atoms with Crippen LogP contribution in [-0.2, 0) is 5.75 Å². The van der Waals surface area contributed by atoms with E-state index >= 15 is 0 Å². The van der Waals surface area contributed by atoms with Gasteiger partial charge in [0, 0.05) is 22.6 Å². The van der Waals surface area contributed by atoms with Crippen LogP contribution in [0.5, 0.6) is 0 Å². The van der Waals surface area contributed by atoms with Crippen LogP contribution >= 0.6 is 46.1 Å². The lowest BCUT2D eigenvalue weighted by molar-refractivity contribution is 0.768. The van der Waals surface area contributed by atoms with Crippen molar-refractivity contribution in [2.45, 2.75) is 10.6 Å². The number of halogens is 1. The topological polar surface area (TPSA) is 87.2 Å². The van der Waals surface area contributed by atoms with Crippen LogP contribution in [0.4, 0.5) is 5.69 Å². The molecule has 2 aromatic heterocycles. The fourth-order valence-electron chi connectivity index (χ4n) is 2.68. The highest BCUT2D eigenvalue weighted by Gasteiger charge is 2.23. The highest BCUT2D eigenvalue weighted by Crippen LogP contribution is 2.36. The number of aromatic nitrogens is 3. The number of nitriles is 1. The Morgan fingerprint density at radius 2 is 2.17 bits per heavy atom. The molecule has 0 unspecified atom stereocenters. The van der Waals surface area contributed by atoms with Crippen LogP contribution in [0.1, 0.15) is 11.1 Å². The second-order valence-electron chi connectivity index (χ2n) is 5.98. The van der Waals surface area contributed by atoms with Crippen molar-refractivity contribution in [3.63, 3.8) is 0 Å². The van der Waals surface area contributed by atoms with Crippen molar-refractivity contribution in [2.75, 3.05) is 12.1 Å². The zero-order valence-electron chi connectivity index (χ0n) is 15.1. The predicted molar refractivity (Wildman–Crippen MR) is 124 cm³/mol. The van der Waals surface area contributed by atoms with Gasteiger partial charge in [-0.1, -0.05) is 29.6 Å². The maximum absolute atomic E-state index is 13.0. The van der Waals surface area contributed by atoms with E-state index in [1.54, 1.807) is 42.8 Å². The zero-order chi connectivity index (χ0) is 20.4. The molecule has 144 valence electrons. The average Bonchev–Trinajstić information content (AvgIpc) is 2.74. The molecule has 7 nitrogen and oxygen atoms in total. The maximum Gasteiger partial charge on any atom is 0.287 e. The van der Waals surface area contributed by atoms with Gasteiger partial charge in [-0.15, -0.1) is 0 Å². The number of pyridine rings is 1.